The number of hydrogen-bond acceptors (Lipinski definition) is 6. The van der Waals surface area contributed by atoms with E-state index in [-0.39, 0.29) is 11.9 Å². The Morgan fingerprint density at radius 3 is 2.75 bits per heavy atom. The average molecular weight is 279 g/mol. The van der Waals surface area contributed by atoms with Crippen LogP contribution in [0, 0.1) is 0 Å². The topological polar surface area (TPSA) is 79.4 Å². The molecule has 7 heteroatoms. The number of rotatable bonds is 5. The van der Waals surface area contributed by atoms with Crippen molar-refractivity contribution in [1.82, 2.24) is 20.4 Å². The number of aromatic nitrogens is 2. The minimum Gasteiger partial charge on any atom is -0.379 e. The number of anilines is 1. The summed E-state index contributed by atoms with van der Waals surface area (Å²) in [4.78, 5) is 14.3. The maximum atomic E-state index is 12.0. The summed E-state index contributed by atoms with van der Waals surface area (Å²) >= 11 is 0. The Bertz CT molecular complexity index is 431. The molecule has 0 spiro atoms. The molecule has 1 unspecified atom stereocenters. The van der Waals surface area contributed by atoms with Gasteiger partial charge >= 0.3 is 0 Å². The molecule has 110 valence electrons. The van der Waals surface area contributed by atoms with Crippen molar-refractivity contribution in [2.24, 2.45) is 0 Å². The molecule has 0 aromatic carbocycles. The summed E-state index contributed by atoms with van der Waals surface area (Å²) in [6.45, 7) is 6.16. The summed E-state index contributed by atoms with van der Waals surface area (Å²) in [6, 6.07) is 3.45. The molecule has 7 nitrogen and oxygen atoms in total. The first-order valence-corrected chi connectivity index (χ1v) is 6.81. The Morgan fingerprint density at radius 1 is 1.40 bits per heavy atom. The predicted molar refractivity (Wildman–Crippen MR) is 75.8 cm³/mol. The first-order chi connectivity index (χ1) is 9.69. The van der Waals surface area contributed by atoms with Gasteiger partial charge in [-0.05, 0) is 19.1 Å². The monoisotopic (exact) mass is 279 g/mol. The van der Waals surface area contributed by atoms with E-state index < -0.39 is 0 Å². The Kier molecular flexibility index (Phi) is 5.25. The first-order valence-electron chi connectivity index (χ1n) is 6.81. The Hall–Kier alpha value is -1.73. The van der Waals surface area contributed by atoms with E-state index in [4.69, 9.17) is 4.74 Å². The molecular formula is C13H21N5O2. The van der Waals surface area contributed by atoms with E-state index in [1.165, 1.54) is 0 Å². The zero-order chi connectivity index (χ0) is 14.4. The van der Waals surface area contributed by atoms with Crippen LogP contribution in [-0.2, 0) is 4.74 Å². The lowest BCUT2D eigenvalue weighted by Gasteiger charge is -2.29. The van der Waals surface area contributed by atoms with Crippen molar-refractivity contribution in [3.05, 3.63) is 17.8 Å². The maximum Gasteiger partial charge on any atom is 0.272 e. The highest BCUT2D eigenvalue weighted by atomic mass is 16.5. The van der Waals surface area contributed by atoms with Crippen molar-refractivity contribution in [2.45, 2.75) is 13.0 Å². The quantitative estimate of drug-likeness (QED) is 0.788. The maximum absolute atomic E-state index is 12.0. The summed E-state index contributed by atoms with van der Waals surface area (Å²) in [5.41, 5.74) is 0.331. The summed E-state index contributed by atoms with van der Waals surface area (Å²) in [5.74, 6) is 0.448. The number of hydrogen-bond donors (Lipinski definition) is 2. The Labute approximate surface area is 118 Å². The van der Waals surface area contributed by atoms with E-state index in [0.29, 0.717) is 11.5 Å². The summed E-state index contributed by atoms with van der Waals surface area (Å²) in [5, 5.41) is 13.6. The average Bonchev–Trinajstić information content (AvgIpc) is 2.48. The lowest BCUT2D eigenvalue weighted by atomic mass is 10.2. The zero-order valence-electron chi connectivity index (χ0n) is 11.9. The molecule has 2 N–H and O–H groups in total. The van der Waals surface area contributed by atoms with Crippen LogP contribution in [0.2, 0.25) is 0 Å². The van der Waals surface area contributed by atoms with Crippen molar-refractivity contribution < 1.29 is 9.53 Å². The highest BCUT2D eigenvalue weighted by molar-refractivity contribution is 5.92. The van der Waals surface area contributed by atoms with Gasteiger partial charge in [0.2, 0.25) is 0 Å². The molecule has 0 bridgehead atoms. The van der Waals surface area contributed by atoms with Gasteiger partial charge in [-0.15, -0.1) is 10.2 Å². The molecule has 0 aliphatic carbocycles. The lowest BCUT2D eigenvalue weighted by Crippen LogP contribution is -2.46. The SMILES string of the molecule is CNc1ccc(C(=O)NC(C)CN2CCOCC2)nn1. The highest BCUT2D eigenvalue weighted by Crippen LogP contribution is 2.02. The fraction of sp³-hybridized carbons (Fsp3) is 0.615. The standard InChI is InChI=1S/C13H21N5O2/c1-10(9-18-5-7-20-8-6-18)15-13(19)11-3-4-12(14-2)17-16-11/h3-4,10H,5-9H2,1-2H3,(H,14,17)(H,15,19). The minimum absolute atomic E-state index is 0.0615. The van der Waals surface area contributed by atoms with Crippen LogP contribution in [0.5, 0.6) is 0 Å². The van der Waals surface area contributed by atoms with Gasteiger partial charge in [-0.1, -0.05) is 0 Å². The molecule has 0 saturated carbocycles. The van der Waals surface area contributed by atoms with E-state index in [0.717, 1.165) is 32.8 Å². The van der Waals surface area contributed by atoms with E-state index in [1.54, 1.807) is 19.2 Å². The number of nitrogens with one attached hydrogen (secondary N) is 2. The number of carbonyl (C=O) groups is 1. The van der Waals surface area contributed by atoms with Crippen molar-refractivity contribution >= 4 is 11.7 Å². The molecule has 1 amide bonds. The molecule has 2 rings (SSSR count). The third kappa shape index (κ3) is 4.14. The van der Waals surface area contributed by atoms with Crippen LogP contribution in [0.1, 0.15) is 17.4 Å². The molecule has 0 radical (unpaired) electrons. The van der Waals surface area contributed by atoms with E-state index >= 15 is 0 Å². The predicted octanol–water partition coefficient (Wildman–Crippen LogP) is -0.0312. The van der Waals surface area contributed by atoms with Crippen LogP contribution >= 0.6 is 0 Å². The lowest BCUT2D eigenvalue weighted by molar-refractivity contribution is 0.0342. The van der Waals surface area contributed by atoms with Crippen LogP contribution in [0.25, 0.3) is 0 Å². The van der Waals surface area contributed by atoms with Gasteiger partial charge in [0.15, 0.2) is 5.69 Å². The first kappa shape index (κ1) is 14.7. The zero-order valence-corrected chi connectivity index (χ0v) is 11.9. The van der Waals surface area contributed by atoms with E-state index in [2.05, 4.69) is 25.7 Å². The van der Waals surface area contributed by atoms with Crippen LogP contribution < -0.4 is 10.6 Å². The smallest absolute Gasteiger partial charge is 0.272 e. The molecule has 1 saturated heterocycles. The number of amides is 1. The van der Waals surface area contributed by atoms with Crippen LogP contribution in [0.4, 0.5) is 5.82 Å². The number of morpholine rings is 1. The van der Waals surface area contributed by atoms with Gasteiger partial charge in [-0.3, -0.25) is 9.69 Å². The fourth-order valence-corrected chi connectivity index (χ4v) is 2.10. The molecule has 1 aliphatic rings. The van der Waals surface area contributed by atoms with Crippen LogP contribution in [0.15, 0.2) is 12.1 Å². The van der Waals surface area contributed by atoms with Crippen molar-refractivity contribution in [3.63, 3.8) is 0 Å². The second kappa shape index (κ2) is 7.16. The number of nitrogens with zero attached hydrogens (tertiary/aromatic N) is 3. The minimum atomic E-state index is -0.194. The van der Waals surface area contributed by atoms with Gasteiger partial charge in [0.25, 0.3) is 5.91 Å². The number of ether oxygens (including phenoxy) is 1. The fourth-order valence-electron chi connectivity index (χ4n) is 2.10. The molecular weight excluding hydrogens is 258 g/mol. The normalized spacial score (nSPS) is 17.5. The van der Waals surface area contributed by atoms with Gasteiger partial charge in [-0.2, -0.15) is 0 Å². The molecule has 1 aromatic heterocycles. The third-order valence-electron chi connectivity index (χ3n) is 3.17. The van der Waals surface area contributed by atoms with Crippen molar-refractivity contribution in [3.8, 4) is 0 Å². The molecule has 1 atom stereocenters. The number of carbonyl (C=O) groups excluding carboxylic acids is 1. The third-order valence-corrected chi connectivity index (χ3v) is 3.17. The van der Waals surface area contributed by atoms with Gasteiger partial charge in [0.05, 0.1) is 13.2 Å². The molecule has 1 aliphatic heterocycles. The van der Waals surface area contributed by atoms with E-state index in [9.17, 15) is 4.79 Å². The van der Waals surface area contributed by atoms with Gasteiger partial charge in [-0.25, -0.2) is 0 Å². The van der Waals surface area contributed by atoms with Gasteiger partial charge in [0, 0.05) is 32.7 Å². The van der Waals surface area contributed by atoms with Crippen molar-refractivity contribution in [1.29, 1.82) is 0 Å². The summed E-state index contributed by atoms with van der Waals surface area (Å²) in [6.07, 6.45) is 0. The molecule has 1 aromatic rings. The summed E-state index contributed by atoms with van der Waals surface area (Å²) < 4.78 is 5.30. The second-order valence-corrected chi connectivity index (χ2v) is 4.84. The highest BCUT2D eigenvalue weighted by Gasteiger charge is 2.16. The molecule has 20 heavy (non-hydrogen) atoms. The largest absolute Gasteiger partial charge is 0.379 e. The van der Waals surface area contributed by atoms with E-state index in [1.807, 2.05) is 6.92 Å². The van der Waals surface area contributed by atoms with Crippen LogP contribution in [0.3, 0.4) is 0 Å². The van der Waals surface area contributed by atoms with Gasteiger partial charge < -0.3 is 15.4 Å². The summed E-state index contributed by atoms with van der Waals surface area (Å²) in [7, 11) is 1.76. The Morgan fingerprint density at radius 2 is 2.15 bits per heavy atom. The van der Waals surface area contributed by atoms with Gasteiger partial charge in [0.1, 0.15) is 5.82 Å². The van der Waals surface area contributed by atoms with Crippen molar-refractivity contribution in [2.75, 3.05) is 45.2 Å². The van der Waals surface area contributed by atoms with Crippen LogP contribution in [-0.4, -0.2) is 66.9 Å². The Balaban J connectivity index is 1.82. The second-order valence-electron chi connectivity index (χ2n) is 4.84. The molecule has 1 fully saturated rings. The molecule has 2 heterocycles.